The summed E-state index contributed by atoms with van der Waals surface area (Å²) in [5.41, 5.74) is 1.87. The molecule has 6 nitrogen and oxygen atoms in total. The quantitative estimate of drug-likeness (QED) is 0.522. The lowest BCUT2D eigenvalue weighted by atomic mass is 10.0. The van der Waals surface area contributed by atoms with Gasteiger partial charge in [0.15, 0.2) is 0 Å². The monoisotopic (exact) mass is 401 g/mol. The molecule has 0 saturated heterocycles. The van der Waals surface area contributed by atoms with Crippen LogP contribution in [-0.2, 0) is 29.9 Å². The number of para-hydroxylation sites is 1. The van der Waals surface area contributed by atoms with Crippen LogP contribution in [-0.4, -0.2) is 41.3 Å². The molecule has 0 bridgehead atoms. The molecule has 0 aliphatic carbocycles. The van der Waals surface area contributed by atoms with E-state index in [4.69, 9.17) is 4.74 Å². The Morgan fingerprint density at radius 1 is 0.964 bits per heavy atom. The van der Waals surface area contributed by atoms with Gasteiger partial charge in [-0.2, -0.15) is 0 Å². The molecule has 1 atom stereocenters. The molecular formula is C21H23NO5S. The molecule has 0 fully saturated rings. The number of hydrogen-bond acceptors (Lipinski definition) is 6. The highest BCUT2D eigenvalue weighted by atomic mass is 32.2. The fraction of sp³-hybridized carbons (Fsp3) is 0.286. The van der Waals surface area contributed by atoms with E-state index in [9.17, 15) is 13.8 Å². The molecule has 0 heterocycles. The van der Waals surface area contributed by atoms with Gasteiger partial charge in [0.25, 0.3) is 0 Å². The summed E-state index contributed by atoms with van der Waals surface area (Å²) >= 11 is 0. The van der Waals surface area contributed by atoms with E-state index < -0.39 is 22.7 Å². The number of carbonyl (C=O) groups excluding carboxylic acids is 2. The summed E-state index contributed by atoms with van der Waals surface area (Å²) < 4.78 is 22.1. The zero-order valence-corrected chi connectivity index (χ0v) is 17.1. The van der Waals surface area contributed by atoms with Crippen LogP contribution in [0.25, 0.3) is 11.1 Å². The Morgan fingerprint density at radius 3 is 2.18 bits per heavy atom. The normalized spacial score (nSPS) is 12.5. The van der Waals surface area contributed by atoms with E-state index in [0.29, 0.717) is 16.1 Å². The first-order valence-corrected chi connectivity index (χ1v) is 9.92. The van der Waals surface area contributed by atoms with E-state index in [0.717, 1.165) is 5.56 Å². The van der Waals surface area contributed by atoms with Crippen LogP contribution in [0.15, 0.2) is 58.4 Å². The zero-order chi connectivity index (χ0) is 20.7. The van der Waals surface area contributed by atoms with Gasteiger partial charge in [0, 0.05) is 15.7 Å². The molecule has 0 N–H and O–H groups in total. The van der Waals surface area contributed by atoms with E-state index in [-0.39, 0.29) is 17.4 Å². The summed E-state index contributed by atoms with van der Waals surface area (Å²) in [6.07, 6.45) is -0.308. The minimum Gasteiger partial charge on any atom is -0.469 e. The predicted molar refractivity (Wildman–Crippen MR) is 109 cm³/mol. The Labute approximate surface area is 167 Å². The van der Waals surface area contributed by atoms with Crippen LogP contribution in [0, 0.1) is 0 Å². The van der Waals surface area contributed by atoms with Gasteiger partial charge in [-0.3, -0.25) is 9.00 Å². The van der Waals surface area contributed by atoms with E-state index in [1.165, 1.54) is 14.2 Å². The Morgan fingerprint density at radius 2 is 1.57 bits per heavy atom. The average Bonchev–Trinajstić information content (AvgIpc) is 2.72. The van der Waals surface area contributed by atoms with Crippen molar-refractivity contribution in [3.63, 3.8) is 0 Å². The van der Waals surface area contributed by atoms with Crippen molar-refractivity contribution in [2.24, 2.45) is 4.99 Å². The third-order valence-electron chi connectivity index (χ3n) is 3.94. The summed E-state index contributed by atoms with van der Waals surface area (Å²) in [7, 11) is 1.26. The highest BCUT2D eigenvalue weighted by Crippen LogP contribution is 2.35. The first-order chi connectivity index (χ1) is 13.4. The zero-order valence-electron chi connectivity index (χ0n) is 16.3. The van der Waals surface area contributed by atoms with Gasteiger partial charge in [-0.15, -0.1) is 0 Å². The van der Waals surface area contributed by atoms with Crippen molar-refractivity contribution in [3.05, 3.63) is 48.5 Å². The number of aliphatic imine (C=N–C) groups is 1. The van der Waals surface area contributed by atoms with Crippen molar-refractivity contribution in [1.82, 2.24) is 0 Å². The summed E-state index contributed by atoms with van der Waals surface area (Å²) in [5, 5.41) is -0.0539. The van der Waals surface area contributed by atoms with Crippen molar-refractivity contribution in [2.45, 2.75) is 30.4 Å². The second-order valence-corrected chi connectivity index (χ2v) is 8.14. The maximum Gasteiger partial charge on any atom is 0.353 e. The first-order valence-electron chi connectivity index (χ1n) is 8.70. The summed E-state index contributed by atoms with van der Waals surface area (Å²) in [6.45, 7) is 3.78. The largest absolute Gasteiger partial charge is 0.469 e. The molecule has 148 valence electrons. The molecule has 0 saturated carbocycles. The highest BCUT2D eigenvalue weighted by molar-refractivity contribution is 7.85. The lowest BCUT2D eigenvalue weighted by Gasteiger charge is -2.14. The summed E-state index contributed by atoms with van der Waals surface area (Å²) in [5.74, 6) is -1.30. The molecule has 0 aliphatic rings. The van der Waals surface area contributed by atoms with Crippen LogP contribution in [0.2, 0.25) is 0 Å². The van der Waals surface area contributed by atoms with Crippen LogP contribution in [0.5, 0.6) is 0 Å². The molecule has 0 radical (unpaired) electrons. The number of nitrogens with zero attached hydrogens (tertiary/aromatic N) is 1. The molecular weight excluding hydrogens is 378 g/mol. The Hall–Kier alpha value is -2.80. The highest BCUT2D eigenvalue weighted by Gasteiger charge is 2.20. The van der Waals surface area contributed by atoms with Gasteiger partial charge >= 0.3 is 11.9 Å². The van der Waals surface area contributed by atoms with Crippen LogP contribution in [0.4, 0.5) is 5.69 Å². The molecule has 7 heteroatoms. The number of methoxy groups -OCH3 is 2. The van der Waals surface area contributed by atoms with Gasteiger partial charge in [0.1, 0.15) is 5.71 Å². The van der Waals surface area contributed by atoms with Crippen molar-refractivity contribution in [2.75, 3.05) is 14.2 Å². The van der Waals surface area contributed by atoms with Gasteiger partial charge in [-0.25, -0.2) is 9.79 Å². The minimum atomic E-state index is -1.20. The maximum absolute atomic E-state index is 12.8. The second-order valence-electron chi connectivity index (χ2n) is 6.16. The van der Waals surface area contributed by atoms with E-state index in [2.05, 4.69) is 9.73 Å². The Balaban J connectivity index is 2.61. The van der Waals surface area contributed by atoms with Crippen LogP contribution >= 0.6 is 0 Å². The van der Waals surface area contributed by atoms with Crippen molar-refractivity contribution in [3.8, 4) is 11.1 Å². The number of ether oxygens (including phenoxy) is 2. The van der Waals surface area contributed by atoms with Crippen LogP contribution in [0.1, 0.15) is 20.3 Å². The van der Waals surface area contributed by atoms with E-state index in [1.54, 1.807) is 12.1 Å². The second kappa shape index (κ2) is 9.94. The van der Waals surface area contributed by atoms with Gasteiger partial charge in [-0.1, -0.05) is 50.2 Å². The number of carbonyl (C=O) groups is 2. The van der Waals surface area contributed by atoms with Crippen LogP contribution < -0.4 is 0 Å². The minimum absolute atomic E-state index is 0.0539. The fourth-order valence-corrected chi connectivity index (χ4v) is 3.66. The van der Waals surface area contributed by atoms with Crippen molar-refractivity contribution in [1.29, 1.82) is 0 Å². The fourth-order valence-electron chi connectivity index (χ4n) is 2.55. The molecule has 2 aromatic rings. The number of esters is 2. The average molecular weight is 401 g/mol. The van der Waals surface area contributed by atoms with Crippen molar-refractivity contribution < 1.29 is 23.3 Å². The maximum atomic E-state index is 12.8. The predicted octanol–water partition coefficient (Wildman–Crippen LogP) is 3.68. The first kappa shape index (κ1) is 21.5. The molecule has 1 unspecified atom stereocenters. The molecule has 28 heavy (non-hydrogen) atoms. The Bertz CT molecular complexity index is 921. The van der Waals surface area contributed by atoms with Gasteiger partial charge in [-0.05, 0) is 17.7 Å². The molecule has 0 aromatic heterocycles. The summed E-state index contributed by atoms with van der Waals surface area (Å²) in [4.78, 5) is 28.8. The third-order valence-corrected chi connectivity index (χ3v) is 5.59. The number of hydrogen-bond donors (Lipinski definition) is 0. The molecule has 0 spiro atoms. The smallest absolute Gasteiger partial charge is 0.353 e. The molecule has 0 aliphatic heterocycles. The standard InChI is InChI=1S/C21H23NO5S/c1-14(2)28(25)19-12-8-6-10-16(19)15-9-5-7-11-17(15)22-18(21(24)27-4)13-20(23)26-3/h5-12,14H,13H2,1-4H3. The molecule has 2 aromatic carbocycles. The van der Waals surface area contributed by atoms with Gasteiger partial charge in [0.2, 0.25) is 0 Å². The SMILES string of the molecule is COC(=O)CC(=Nc1ccccc1-c1ccccc1S(=O)C(C)C)C(=O)OC. The molecule has 0 amide bonds. The lowest BCUT2D eigenvalue weighted by Crippen LogP contribution is -2.20. The topological polar surface area (TPSA) is 82.0 Å². The van der Waals surface area contributed by atoms with Gasteiger partial charge in [0.05, 0.1) is 37.1 Å². The van der Waals surface area contributed by atoms with Crippen molar-refractivity contribution >= 4 is 34.1 Å². The molecule has 2 rings (SSSR count). The third kappa shape index (κ3) is 5.13. The lowest BCUT2D eigenvalue weighted by molar-refractivity contribution is -0.140. The number of rotatable bonds is 7. The van der Waals surface area contributed by atoms with E-state index in [1.807, 2.05) is 50.2 Å². The van der Waals surface area contributed by atoms with Crippen LogP contribution in [0.3, 0.4) is 0 Å². The number of benzene rings is 2. The van der Waals surface area contributed by atoms with Gasteiger partial charge < -0.3 is 9.47 Å². The summed E-state index contributed by atoms with van der Waals surface area (Å²) in [6, 6.07) is 14.5. The Kier molecular flexibility index (Phi) is 7.63. The van der Waals surface area contributed by atoms with E-state index >= 15 is 0 Å².